The van der Waals surface area contributed by atoms with Gasteiger partial charge in [0.1, 0.15) is 11.5 Å². The Kier molecular flexibility index (Phi) is 7.47. The van der Waals surface area contributed by atoms with E-state index in [1.165, 1.54) is 38.5 Å². The predicted octanol–water partition coefficient (Wildman–Crippen LogP) is 5.02. The summed E-state index contributed by atoms with van der Waals surface area (Å²) in [7, 11) is 0. The van der Waals surface area contributed by atoms with Crippen LogP contribution in [-0.4, -0.2) is 16.3 Å². The Morgan fingerprint density at radius 1 is 0.783 bits per heavy atom. The second-order valence-electron chi connectivity index (χ2n) is 5.89. The number of hydrogen-bond acceptors (Lipinski definition) is 3. The smallest absolute Gasteiger partial charge is 0.121 e. The molecule has 0 atom stereocenters. The van der Waals surface area contributed by atoms with Crippen molar-refractivity contribution in [2.24, 2.45) is 0 Å². The molecular formula is C20H26O3. The molecule has 0 aromatic heterocycles. The number of aromatic hydroxyl groups is 2. The lowest BCUT2D eigenvalue weighted by Gasteiger charge is -2.15. The molecule has 0 radical (unpaired) electrons. The van der Waals surface area contributed by atoms with Gasteiger partial charge in [-0.25, -0.2) is 0 Å². The van der Waals surface area contributed by atoms with Gasteiger partial charge in [-0.2, -0.15) is 0 Å². The van der Waals surface area contributed by atoms with E-state index >= 15 is 0 Å². The summed E-state index contributed by atoms with van der Waals surface area (Å²) in [6, 6.07) is 16.1. The Labute approximate surface area is 138 Å². The lowest BCUT2D eigenvalue weighted by Crippen LogP contribution is -2.11. The number of phenolic OH excluding ortho intramolecular Hbond substituents is 2. The third kappa shape index (κ3) is 6.74. The fourth-order valence-electron chi connectivity index (χ4n) is 2.68. The molecule has 124 valence electrons. The number of phenols is 2. The van der Waals surface area contributed by atoms with E-state index in [0.717, 1.165) is 5.56 Å². The molecule has 0 saturated heterocycles. The number of rotatable bonds is 3. The van der Waals surface area contributed by atoms with E-state index in [9.17, 15) is 5.11 Å². The molecule has 2 N–H and O–H groups in total. The highest BCUT2D eigenvalue weighted by atomic mass is 16.5. The SMILES string of the molecule is Oc1ccccc1.Oc1ccccc1COC1CCCCCC1. The van der Waals surface area contributed by atoms with Crippen LogP contribution in [0.2, 0.25) is 0 Å². The maximum atomic E-state index is 9.62. The van der Waals surface area contributed by atoms with Gasteiger partial charge in [0.2, 0.25) is 0 Å². The third-order valence-electron chi connectivity index (χ3n) is 4.02. The Morgan fingerprint density at radius 2 is 1.39 bits per heavy atom. The highest BCUT2D eigenvalue weighted by molar-refractivity contribution is 5.30. The van der Waals surface area contributed by atoms with Crippen molar-refractivity contribution in [3.8, 4) is 11.5 Å². The van der Waals surface area contributed by atoms with Gasteiger partial charge in [0.05, 0.1) is 12.7 Å². The molecule has 0 heterocycles. The van der Waals surface area contributed by atoms with Crippen LogP contribution < -0.4 is 0 Å². The zero-order valence-electron chi connectivity index (χ0n) is 13.5. The number of ether oxygens (including phenoxy) is 1. The van der Waals surface area contributed by atoms with Gasteiger partial charge in [0.15, 0.2) is 0 Å². The molecule has 1 fully saturated rings. The Hall–Kier alpha value is -2.00. The van der Waals surface area contributed by atoms with E-state index in [-0.39, 0.29) is 0 Å². The maximum Gasteiger partial charge on any atom is 0.121 e. The van der Waals surface area contributed by atoms with Crippen LogP contribution in [0.25, 0.3) is 0 Å². The van der Waals surface area contributed by atoms with Crippen molar-refractivity contribution in [1.29, 1.82) is 0 Å². The van der Waals surface area contributed by atoms with Gasteiger partial charge in [0, 0.05) is 5.56 Å². The fraction of sp³-hybridized carbons (Fsp3) is 0.400. The van der Waals surface area contributed by atoms with Crippen LogP contribution in [0.5, 0.6) is 11.5 Å². The first-order valence-corrected chi connectivity index (χ1v) is 8.38. The fourth-order valence-corrected chi connectivity index (χ4v) is 2.68. The number of para-hydroxylation sites is 2. The van der Waals surface area contributed by atoms with Crippen LogP contribution in [0.1, 0.15) is 44.1 Å². The molecule has 1 saturated carbocycles. The molecule has 2 aromatic rings. The first kappa shape index (κ1) is 17.4. The first-order valence-electron chi connectivity index (χ1n) is 8.38. The summed E-state index contributed by atoms with van der Waals surface area (Å²) >= 11 is 0. The largest absolute Gasteiger partial charge is 0.508 e. The predicted molar refractivity (Wildman–Crippen MR) is 92.5 cm³/mol. The van der Waals surface area contributed by atoms with Crippen molar-refractivity contribution in [3.05, 3.63) is 60.2 Å². The third-order valence-corrected chi connectivity index (χ3v) is 4.02. The zero-order valence-corrected chi connectivity index (χ0v) is 13.5. The summed E-state index contributed by atoms with van der Waals surface area (Å²) in [5, 5.41) is 18.2. The Bertz CT molecular complexity index is 546. The van der Waals surface area contributed by atoms with Crippen molar-refractivity contribution in [3.63, 3.8) is 0 Å². The first-order chi connectivity index (χ1) is 11.3. The molecule has 3 heteroatoms. The quantitative estimate of drug-likeness (QED) is 0.782. The molecule has 1 aliphatic rings. The monoisotopic (exact) mass is 314 g/mol. The second kappa shape index (κ2) is 9.90. The van der Waals surface area contributed by atoms with Gasteiger partial charge in [-0.05, 0) is 31.0 Å². The van der Waals surface area contributed by atoms with E-state index in [1.54, 1.807) is 30.3 Å². The highest BCUT2D eigenvalue weighted by Gasteiger charge is 2.13. The van der Waals surface area contributed by atoms with Gasteiger partial charge >= 0.3 is 0 Å². The Morgan fingerprint density at radius 3 is 1.96 bits per heavy atom. The van der Waals surface area contributed by atoms with Crippen LogP contribution >= 0.6 is 0 Å². The van der Waals surface area contributed by atoms with Crippen molar-refractivity contribution in [2.45, 2.75) is 51.2 Å². The summed E-state index contributed by atoms with van der Waals surface area (Å²) in [4.78, 5) is 0. The molecule has 3 rings (SSSR count). The maximum absolute atomic E-state index is 9.62. The van der Waals surface area contributed by atoms with Gasteiger partial charge in [-0.3, -0.25) is 0 Å². The molecular weight excluding hydrogens is 288 g/mol. The molecule has 0 amide bonds. The lowest BCUT2D eigenvalue weighted by atomic mass is 10.1. The molecule has 0 spiro atoms. The Balaban J connectivity index is 0.000000229. The van der Waals surface area contributed by atoms with E-state index in [1.807, 2.05) is 24.3 Å². The molecule has 0 aliphatic heterocycles. The van der Waals surface area contributed by atoms with E-state index < -0.39 is 0 Å². The topological polar surface area (TPSA) is 49.7 Å². The average Bonchev–Trinajstić information content (AvgIpc) is 2.84. The van der Waals surface area contributed by atoms with E-state index in [4.69, 9.17) is 9.84 Å². The summed E-state index contributed by atoms with van der Waals surface area (Å²) < 4.78 is 5.87. The minimum Gasteiger partial charge on any atom is -0.508 e. The van der Waals surface area contributed by atoms with Crippen LogP contribution in [0.3, 0.4) is 0 Å². The van der Waals surface area contributed by atoms with Crippen LogP contribution in [0, 0.1) is 0 Å². The molecule has 23 heavy (non-hydrogen) atoms. The average molecular weight is 314 g/mol. The van der Waals surface area contributed by atoms with Gasteiger partial charge in [0.25, 0.3) is 0 Å². The lowest BCUT2D eigenvalue weighted by molar-refractivity contribution is 0.0301. The molecule has 3 nitrogen and oxygen atoms in total. The minimum absolute atomic E-state index is 0.322. The van der Waals surface area contributed by atoms with Gasteiger partial charge in [-0.15, -0.1) is 0 Å². The van der Waals surface area contributed by atoms with Crippen molar-refractivity contribution in [1.82, 2.24) is 0 Å². The van der Waals surface area contributed by atoms with Crippen LogP contribution in [0.15, 0.2) is 54.6 Å². The van der Waals surface area contributed by atoms with E-state index in [0.29, 0.717) is 24.2 Å². The summed E-state index contributed by atoms with van der Waals surface area (Å²) in [6.07, 6.45) is 7.99. The summed E-state index contributed by atoms with van der Waals surface area (Å²) in [5.74, 6) is 0.665. The summed E-state index contributed by atoms with van der Waals surface area (Å²) in [5.41, 5.74) is 0.895. The van der Waals surface area contributed by atoms with Gasteiger partial charge < -0.3 is 14.9 Å². The second-order valence-corrected chi connectivity index (χ2v) is 5.89. The normalized spacial score (nSPS) is 15.3. The number of benzene rings is 2. The standard InChI is InChI=1S/C14H20O2.C6H6O/c15-14-10-6-5-7-12(14)11-16-13-8-3-1-2-4-9-13;7-6-4-2-1-3-5-6/h5-7,10,13,15H,1-4,8-9,11H2;1-5,7H. The van der Waals surface area contributed by atoms with Crippen molar-refractivity contribution >= 4 is 0 Å². The summed E-state index contributed by atoms with van der Waals surface area (Å²) in [6.45, 7) is 0.539. The molecule has 1 aliphatic carbocycles. The zero-order chi connectivity index (χ0) is 16.3. The van der Waals surface area contributed by atoms with Crippen LogP contribution in [-0.2, 0) is 11.3 Å². The van der Waals surface area contributed by atoms with Crippen molar-refractivity contribution in [2.75, 3.05) is 0 Å². The van der Waals surface area contributed by atoms with E-state index in [2.05, 4.69) is 0 Å². The molecule has 0 unspecified atom stereocenters. The minimum atomic E-state index is 0.322. The number of hydrogen-bond donors (Lipinski definition) is 2. The molecule has 0 bridgehead atoms. The van der Waals surface area contributed by atoms with Crippen LogP contribution in [0.4, 0.5) is 0 Å². The van der Waals surface area contributed by atoms with Gasteiger partial charge in [-0.1, -0.05) is 62.1 Å². The molecule has 2 aromatic carbocycles. The highest BCUT2D eigenvalue weighted by Crippen LogP contribution is 2.23. The van der Waals surface area contributed by atoms with Crippen molar-refractivity contribution < 1.29 is 14.9 Å².